The van der Waals surface area contributed by atoms with Crippen LogP contribution in [0.5, 0.6) is 0 Å². The van der Waals surface area contributed by atoms with Gasteiger partial charge in [0.25, 0.3) is 0 Å². The second kappa shape index (κ2) is 14.4. The Labute approximate surface area is 285 Å². The summed E-state index contributed by atoms with van der Waals surface area (Å²) in [6.45, 7) is 7.07. The first-order valence-electron chi connectivity index (χ1n) is 15.4. The number of carbonyl (C=O) groups is 3. The summed E-state index contributed by atoms with van der Waals surface area (Å²) in [7, 11) is 2.79. The number of likely N-dealkylation sites (N-methyl/N-ethyl adjacent to an activating group) is 1. The maximum absolute atomic E-state index is 13.6. The highest BCUT2D eigenvalue weighted by Crippen LogP contribution is 2.48. The smallest absolute Gasteiger partial charge is 0.408 e. The number of methoxy groups -OCH3 is 1. The fourth-order valence-corrected chi connectivity index (χ4v) is 6.16. The number of unbranched alkanes of at least 4 members (excludes halogenated alkanes) is 1. The monoisotopic (exact) mass is 720 g/mol. The standard InChI is InChI=1S/C33H37BrN8O6/c1-7-8-13-24-36-30(41(5)25(43)16-35-32(45)48-33(2,3)4)28(31(44)46-6)42(24)17-22-19-14-15-47-18-23(19)27(34)26(22)20-11-9-10-12-21(20)29-37-39-40-38-29/h9-12,14-15,18H,7-8,13,16-17H2,1-6H3,(H,35,45)(H,37,38,39,40). The molecule has 0 radical (unpaired) electrons. The minimum atomic E-state index is -0.735. The number of fused-ring (bicyclic) bond motifs is 1. The minimum Gasteiger partial charge on any atom is -0.472 e. The molecule has 3 heterocycles. The van der Waals surface area contributed by atoms with Gasteiger partial charge in [0.15, 0.2) is 17.3 Å². The minimum absolute atomic E-state index is 0.0986. The molecule has 0 saturated heterocycles. The number of ether oxygens (including phenoxy) is 2. The van der Waals surface area contributed by atoms with Crippen LogP contribution >= 0.6 is 15.9 Å². The second-order valence-corrected chi connectivity index (χ2v) is 12.8. The molecule has 1 aromatic carbocycles. The molecular formula is C33H37BrN8O6. The number of H-pyrrole nitrogens is 1. The first-order valence-corrected chi connectivity index (χ1v) is 16.1. The van der Waals surface area contributed by atoms with Gasteiger partial charge in [-0.1, -0.05) is 37.6 Å². The van der Waals surface area contributed by atoms with E-state index in [2.05, 4.69) is 48.8 Å². The number of imidazole rings is 1. The number of anilines is 1. The fraction of sp³-hybridized carbons (Fsp3) is 0.364. The number of hydrogen-bond acceptors (Lipinski definition) is 10. The van der Waals surface area contributed by atoms with E-state index in [9.17, 15) is 14.4 Å². The molecule has 252 valence electrons. The Morgan fingerprint density at radius 2 is 1.85 bits per heavy atom. The Balaban J connectivity index is 1.64. The van der Waals surface area contributed by atoms with Crippen molar-refractivity contribution in [3.05, 3.63) is 64.4 Å². The summed E-state index contributed by atoms with van der Waals surface area (Å²) in [6.07, 6.45) is 4.71. The summed E-state index contributed by atoms with van der Waals surface area (Å²) in [4.78, 5) is 45.2. The fourth-order valence-electron chi connectivity index (χ4n) is 5.40. The highest BCUT2D eigenvalue weighted by Gasteiger charge is 2.32. The van der Waals surface area contributed by atoms with Crippen molar-refractivity contribution in [3.63, 3.8) is 0 Å². The molecule has 48 heavy (non-hydrogen) atoms. The Morgan fingerprint density at radius 3 is 2.52 bits per heavy atom. The van der Waals surface area contributed by atoms with Crippen LogP contribution in [0.4, 0.5) is 10.6 Å². The third-order valence-corrected chi connectivity index (χ3v) is 8.44. The first kappa shape index (κ1) is 34.3. The summed E-state index contributed by atoms with van der Waals surface area (Å²) >= 11 is 3.83. The molecule has 0 spiro atoms. The van der Waals surface area contributed by atoms with Gasteiger partial charge in [-0.05, 0) is 76.3 Å². The average molecular weight is 722 g/mol. The summed E-state index contributed by atoms with van der Waals surface area (Å²) in [6, 6.07) is 9.59. The van der Waals surface area contributed by atoms with Crippen molar-refractivity contribution in [2.24, 2.45) is 0 Å². The Hall–Kier alpha value is -5.05. The molecule has 2 aliphatic rings. The van der Waals surface area contributed by atoms with Crippen molar-refractivity contribution in [2.45, 2.75) is 59.1 Å². The van der Waals surface area contributed by atoms with E-state index < -0.39 is 23.6 Å². The van der Waals surface area contributed by atoms with Gasteiger partial charge in [0.2, 0.25) is 5.91 Å². The number of aryl methyl sites for hydroxylation is 1. The summed E-state index contributed by atoms with van der Waals surface area (Å²) in [5, 5.41) is 17.0. The number of rotatable bonds is 11. The highest BCUT2D eigenvalue weighted by molar-refractivity contribution is 9.10. The lowest BCUT2D eigenvalue weighted by Gasteiger charge is -2.21. The van der Waals surface area contributed by atoms with Crippen molar-refractivity contribution >= 4 is 39.7 Å². The van der Waals surface area contributed by atoms with Crippen LogP contribution in [0.2, 0.25) is 0 Å². The maximum Gasteiger partial charge on any atom is 0.408 e. The highest BCUT2D eigenvalue weighted by atomic mass is 79.9. The third-order valence-electron chi connectivity index (χ3n) is 7.62. The van der Waals surface area contributed by atoms with E-state index in [-0.39, 0.29) is 24.6 Å². The molecular weight excluding hydrogens is 684 g/mol. The normalized spacial score (nSPS) is 11.5. The van der Waals surface area contributed by atoms with E-state index in [1.54, 1.807) is 37.9 Å². The number of nitrogens with zero attached hydrogens (tertiary/aromatic N) is 6. The van der Waals surface area contributed by atoms with Gasteiger partial charge in [0, 0.05) is 34.6 Å². The number of aromatic amines is 1. The zero-order valence-electron chi connectivity index (χ0n) is 27.6. The van der Waals surface area contributed by atoms with Gasteiger partial charge in [-0.15, -0.1) is 5.10 Å². The number of esters is 1. The average Bonchev–Trinajstić information content (AvgIpc) is 3.79. The lowest BCUT2D eigenvalue weighted by Crippen LogP contribution is -2.41. The summed E-state index contributed by atoms with van der Waals surface area (Å²) in [5.74, 6) is 0.0263. The van der Waals surface area contributed by atoms with E-state index in [0.29, 0.717) is 18.1 Å². The van der Waals surface area contributed by atoms with Crippen molar-refractivity contribution in [1.82, 2.24) is 35.5 Å². The molecule has 5 rings (SSSR count). The van der Waals surface area contributed by atoms with E-state index in [1.165, 1.54) is 19.1 Å². The molecule has 1 aliphatic carbocycles. The van der Waals surface area contributed by atoms with Gasteiger partial charge < -0.3 is 23.8 Å². The van der Waals surface area contributed by atoms with Crippen molar-refractivity contribution in [3.8, 4) is 33.6 Å². The molecule has 0 atom stereocenters. The van der Waals surface area contributed by atoms with Crippen LogP contribution in [0.15, 0.2) is 51.7 Å². The summed E-state index contributed by atoms with van der Waals surface area (Å²) < 4.78 is 18.7. The largest absolute Gasteiger partial charge is 0.472 e. The molecule has 3 aromatic rings. The van der Waals surface area contributed by atoms with Crippen LogP contribution in [0.3, 0.4) is 0 Å². The number of halogens is 1. The Bertz CT molecular complexity index is 1890. The van der Waals surface area contributed by atoms with Crippen LogP contribution in [0.25, 0.3) is 33.6 Å². The Kier molecular flexibility index (Phi) is 10.3. The van der Waals surface area contributed by atoms with Crippen LogP contribution in [0, 0.1) is 0 Å². The Morgan fingerprint density at radius 1 is 1.10 bits per heavy atom. The van der Waals surface area contributed by atoms with Crippen LogP contribution < -0.4 is 10.2 Å². The first-order chi connectivity index (χ1) is 22.9. The van der Waals surface area contributed by atoms with E-state index in [4.69, 9.17) is 18.9 Å². The molecule has 0 bridgehead atoms. The molecule has 2 amide bonds. The second-order valence-electron chi connectivity index (χ2n) is 12.0. The van der Waals surface area contributed by atoms with E-state index in [1.807, 2.05) is 30.3 Å². The molecule has 15 heteroatoms. The van der Waals surface area contributed by atoms with Crippen molar-refractivity contribution in [1.29, 1.82) is 0 Å². The predicted octanol–water partition coefficient (Wildman–Crippen LogP) is 5.86. The van der Waals surface area contributed by atoms with Crippen LogP contribution in [0.1, 0.15) is 62.4 Å². The molecule has 1 aliphatic heterocycles. The predicted molar refractivity (Wildman–Crippen MR) is 181 cm³/mol. The lowest BCUT2D eigenvalue weighted by molar-refractivity contribution is -0.117. The number of aromatic nitrogens is 6. The number of amides is 2. The number of tetrazole rings is 1. The zero-order valence-corrected chi connectivity index (χ0v) is 29.2. The number of carbonyl (C=O) groups excluding carboxylic acids is 3. The summed E-state index contributed by atoms with van der Waals surface area (Å²) in [5.41, 5.74) is 4.38. The quantitative estimate of drug-likeness (QED) is 0.158. The van der Waals surface area contributed by atoms with Gasteiger partial charge in [0.1, 0.15) is 18.0 Å². The number of benzene rings is 1. The third kappa shape index (κ3) is 7.10. The van der Waals surface area contributed by atoms with Gasteiger partial charge in [0.05, 0.1) is 26.2 Å². The molecule has 0 unspecified atom stereocenters. The molecule has 14 nitrogen and oxygen atoms in total. The van der Waals surface area contributed by atoms with Gasteiger partial charge in [-0.2, -0.15) is 0 Å². The lowest BCUT2D eigenvalue weighted by atomic mass is 9.97. The number of nitrogens with one attached hydrogen (secondary N) is 2. The van der Waals surface area contributed by atoms with Crippen molar-refractivity contribution < 1.29 is 28.3 Å². The SMILES string of the molecule is CCCCc1nc(N(C)C(=O)CNC(=O)OC(C)(C)C)c(C(=O)OC)n1Cc1c2ccocc-2c(Br)c1-c1ccccc1-c1nnn[nH]1. The van der Waals surface area contributed by atoms with Crippen molar-refractivity contribution in [2.75, 3.05) is 25.6 Å². The van der Waals surface area contributed by atoms with Gasteiger partial charge >= 0.3 is 12.1 Å². The van der Waals surface area contributed by atoms with Crippen LogP contribution in [-0.2, 0) is 27.2 Å². The maximum atomic E-state index is 13.6. The van der Waals surface area contributed by atoms with E-state index >= 15 is 0 Å². The molecule has 0 fully saturated rings. The van der Waals surface area contributed by atoms with Gasteiger partial charge in [-0.3, -0.25) is 9.69 Å². The molecule has 0 saturated carbocycles. The topological polar surface area (TPSA) is 170 Å². The zero-order chi connectivity index (χ0) is 34.6. The van der Waals surface area contributed by atoms with Gasteiger partial charge in [-0.25, -0.2) is 19.7 Å². The number of hydrogen-bond donors (Lipinski definition) is 2. The molecule has 2 N–H and O–H groups in total. The number of alkyl carbamates (subject to hydrolysis) is 1. The van der Waals surface area contributed by atoms with E-state index in [0.717, 1.165) is 50.7 Å². The molecule has 2 aromatic heterocycles. The van der Waals surface area contributed by atoms with Crippen LogP contribution in [-0.4, -0.2) is 74.4 Å².